The van der Waals surface area contributed by atoms with Crippen molar-refractivity contribution < 1.29 is 4.74 Å². The van der Waals surface area contributed by atoms with Crippen LogP contribution in [0.3, 0.4) is 0 Å². The van der Waals surface area contributed by atoms with Crippen molar-refractivity contribution in [1.29, 1.82) is 0 Å². The van der Waals surface area contributed by atoms with Crippen LogP contribution in [-0.4, -0.2) is 37.7 Å². The summed E-state index contributed by atoms with van der Waals surface area (Å²) in [7, 11) is 0. The molecule has 1 fully saturated rings. The lowest BCUT2D eigenvalue weighted by molar-refractivity contribution is 0.0390. The Kier molecular flexibility index (Phi) is 3.25. The number of morpholine rings is 1. The van der Waals surface area contributed by atoms with Crippen molar-refractivity contribution in [2.45, 2.75) is 12.8 Å². The van der Waals surface area contributed by atoms with Gasteiger partial charge in [-0.2, -0.15) is 0 Å². The van der Waals surface area contributed by atoms with E-state index >= 15 is 0 Å². The minimum absolute atomic E-state index is 0.898. The smallest absolute Gasteiger partial charge is 0.0594 e. The predicted octanol–water partition coefficient (Wildman–Crippen LogP) is 2.35. The number of hydrogen-bond donors (Lipinski definition) is 0. The van der Waals surface area contributed by atoms with Gasteiger partial charge in [-0.05, 0) is 29.5 Å². The second-order valence-electron chi connectivity index (χ2n) is 4.79. The first-order valence-corrected chi connectivity index (χ1v) is 6.51. The summed E-state index contributed by atoms with van der Waals surface area (Å²) in [6.07, 6.45) is 4.69. The van der Waals surface area contributed by atoms with Crippen LogP contribution in [0.4, 0.5) is 0 Å². The van der Waals surface area contributed by atoms with E-state index in [4.69, 9.17) is 4.74 Å². The Morgan fingerprint density at radius 2 is 1.94 bits per heavy atom. The van der Waals surface area contributed by atoms with Gasteiger partial charge in [0.15, 0.2) is 0 Å². The van der Waals surface area contributed by atoms with Gasteiger partial charge >= 0.3 is 0 Å². The number of ether oxygens (including phenoxy) is 1. The molecule has 0 spiro atoms. The minimum atomic E-state index is 0.898. The molecule has 1 aromatic rings. The molecule has 0 atom stereocenters. The third-order valence-corrected chi connectivity index (χ3v) is 3.73. The van der Waals surface area contributed by atoms with Crippen molar-refractivity contribution >= 4 is 5.57 Å². The first-order chi connectivity index (χ1) is 8.43. The molecule has 1 saturated heterocycles. The van der Waals surface area contributed by atoms with E-state index < -0.39 is 0 Å². The lowest BCUT2D eigenvalue weighted by atomic mass is 10.0. The third-order valence-electron chi connectivity index (χ3n) is 3.73. The summed E-state index contributed by atoms with van der Waals surface area (Å²) in [4.78, 5) is 2.51. The quantitative estimate of drug-likeness (QED) is 0.789. The zero-order chi connectivity index (χ0) is 11.5. The van der Waals surface area contributed by atoms with Gasteiger partial charge in [-0.15, -0.1) is 0 Å². The van der Waals surface area contributed by atoms with Gasteiger partial charge in [0.2, 0.25) is 0 Å². The van der Waals surface area contributed by atoms with Gasteiger partial charge in [0.1, 0.15) is 0 Å². The average molecular weight is 229 g/mol. The number of benzene rings is 1. The van der Waals surface area contributed by atoms with Gasteiger partial charge in [-0.25, -0.2) is 0 Å². The molecule has 0 bridgehead atoms. The zero-order valence-electron chi connectivity index (χ0n) is 10.2. The highest BCUT2D eigenvalue weighted by Gasteiger charge is 2.15. The van der Waals surface area contributed by atoms with Crippen molar-refractivity contribution in [1.82, 2.24) is 4.90 Å². The zero-order valence-corrected chi connectivity index (χ0v) is 10.2. The van der Waals surface area contributed by atoms with Crippen LogP contribution in [0.25, 0.3) is 5.57 Å². The fourth-order valence-electron chi connectivity index (χ4n) is 2.69. The van der Waals surface area contributed by atoms with Crippen LogP contribution < -0.4 is 0 Å². The molecule has 1 aliphatic carbocycles. The summed E-state index contributed by atoms with van der Waals surface area (Å²) in [6, 6.07) is 8.78. The highest BCUT2D eigenvalue weighted by molar-refractivity contribution is 5.72. The number of hydrogen-bond acceptors (Lipinski definition) is 2. The Morgan fingerprint density at radius 1 is 1.12 bits per heavy atom. The van der Waals surface area contributed by atoms with E-state index in [9.17, 15) is 0 Å². The fraction of sp³-hybridized carbons (Fsp3) is 0.467. The van der Waals surface area contributed by atoms with Crippen LogP contribution in [0.2, 0.25) is 0 Å². The van der Waals surface area contributed by atoms with Crippen LogP contribution >= 0.6 is 0 Å². The number of allylic oxidation sites excluding steroid dienone is 1. The monoisotopic (exact) mass is 229 g/mol. The van der Waals surface area contributed by atoms with Gasteiger partial charge in [-0.3, -0.25) is 4.90 Å². The summed E-state index contributed by atoms with van der Waals surface area (Å²) >= 11 is 0. The van der Waals surface area contributed by atoms with E-state index in [0.29, 0.717) is 0 Å². The fourth-order valence-corrected chi connectivity index (χ4v) is 2.69. The molecule has 1 aromatic carbocycles. The van der Waals surface area contributed by atoms with Crippen molar-refractivity contribution in [3.05, 3.63) is 41.5 Å². The molecular weight excluding hydrogens is 210 g/mol. The Bertz CT molecular complexity index is 419. The van der Waals surface area contributed by atoms with Crippen molar-refractivity contribution in [2.75, 3.05) is 32.8 Å². The van der Waals surface area contributed by atoms with E-state index in [-0.39, 0.29) is 0 Å². The molecule has 0 amide bonds. The molecule has 0 saturated carbocycles. The molecule has 1 aliphatic heterocycles. The Hall–Kier alpha value is -1.12. The van der Waals surface area contributed by atoms with E-state index in [2.05, 4.69) is 35.2 Å². The predicted molar refractivity (Wildman–Crippen MR) is 70.0 cm³/mol. The molecule has 3 rings (SSSR count). The molecule has 17 heavy (non-hydrogen) atoms. The maximum atomic E-state index is 5.37. The molecule has 90 valence electrons. The number of fused-ring (bicyclic) bond motifs is 1. The SMILES string of the molecule is C1=C(CCN2CCOCC2)c2ccccc2C1. The average Bonchev–Trinajstić information content (AvgIpc) is 2.81. The summed E-state index contributed by atoms with van der Waals surface area (Å²) in [5, 5.41) is 0. The second kappa shape index (κ2) is 5.03. The standard InChI is InChI=1S/C15H19NO/c1-2-4-15-13(3-1)5-6-14(15)7-8-16-9-11-17-12-10-16/h1-4,6H,5,7-12H2. The van der Waals surface area contributed by atoms with E-state index in [0.717, 1.165) is 32.7 Å². The van der Waals surface area contributed by atoms with Crippen molar-refractivity contribution in [3.8, 4) is 0 Å². The topological polar surface area (TPSA) is 12.5 Å². The summed E-state index contributed by atoms with van der Waals surface area (Å²) in [5.41, 5.74) is 4.50. The maximum absolute atomic E-state index is 5.37. The first kappa shape index (κ1) is 11.0. The lowest BCUT2D eigenvalue weighted by Gasteiger charge is -2.26. The lowest BCUT2D eigenvalue weighted by Crippen LogP contribution is -2.36. The van der Waals surface area contributed by atoms with E-state index in [1.165, 1.54) is 29.7 Å². The highest BCUT2D eigenvalue weighted by Crippen LogP contribution is 2.29. The molecule has 0 N–H and O–H groups in total. The number of nitrogens with zero attached hydrogens (tertiary/aromatic N) is 1. The third kappa shape index (κ3) is 2.43. The molecule has 2 heteroatoms. The van der Waals surface area contributed by atoms with Gasteiger partial charge in [0.05, 0.1) is 13.2 Å². The van der Waals surface area contributed by atoms with Crippen LogP contribution in [0, 0.1) is 0 Å². The van der Waals surface area contributed by atoms with Gasteiger partial charge in [-0.1, -0.05) is 30.3 Å². The van der Waals surface area contributed by atoms with Crippen molar-refractivity contribution in [3.63, 3.8) is 0 Å². The molecule has 0 unspecified atom stereocenters. The normalized spacial score (nSPS) is 20.1. The van der Waals surface area contributed by atoms with Gasteiger partial charge < -0.3 is 4.74 Å². The van der Waals surface area contributed by atoms with Crippen LogP contribution in [-0.2, 0) is 11.2 Å². The Balaban J connectivity index is 1.59. The van der Waals surface area contributed by atoms with E-state index in [1.54, 1.807) is 0 Å². The van der Waals surface area contributed by atoms with E-state index in [1.807, 2.05) is 0 Å². The summed E-state index contributed by atoms with van der Waals surface area (Å²) < 4.78 is 5.37. The van der Waals surface area contributed by atoms with Crippen LogP contribution in [0.5, 0.6) is 0 Å². The molecular formula is C15H19NO. The second-order valence-corrected chi connectivity index (χ2v) is 4.79. The largest absolute Gasteiger partial charge is 0.379 e. The minimum Gasteiger partial charge on any atom is -0.379 e. The molecule has 2 aliphatic rings. The first-order valence-electron chi connectivity index (χ1n) is 6.51. The van der Waals surface area contributed by atoms with Crippen LogP contribution in [0.15, 0.2) is 30.3 Å². The van der Waals surface area contributed by atoms with Crippen LogP contribution in [0.1, 0.15) is 17.5 Å². The number of rotatable bonds is 3. The molecule has 0 radical (unpaired) electrons. The summed E-state index contributed by atoms with van der Waals surface area (Å²) in [6.45, 7) is 5.15. The Morgan fingerprint density at radius 3 is 2.82 bits per heavy atom. The molecule has 2 nitrogen and oxygen atoms in total. The molecule has 1 heterocycles. The summed E-state index contributed by atoms with van der Waals surface area (Å²) in [5.74, 6) is 0. The maximum Gasteiger partial charge on any atom is 0.0594 e. The van der Waals surface area contributed by atoms with Crippen molar-refractivity contribution in [2.24, 2.45) is 0 Å². The molecule has 0 aromatic heterocycles. The van der Waals surface area contributed by atoms with Gasteiger partial charge in [0.25, 0.3) is 0 Å². The van der Waals surface area contributed by atoms with Gasteiger partial charge in [0, 0.05) is 19.6 Å². The highest BCUT2D eigenvalue weighted by atomic mass is 16.5. The Labute approximate surface area is 103 Å².